The van der Waals surface area contributed by atoms with Crippen molar-refractivity contribution in [2.75, 3.05) is 6.54 Å². The molecule has 0 unspecified atom stereocenters. The van der Waals surface area contributed by atoms with Gasteiger partial charge in [-0.3, -0.25) is 4.79 Å². The molecule has 1 aliphatic heterocycles. The topological polar surface area (TPSA) is 47.6 Å². The molecular formula is C18H22BF4NO3. The summed E-state index contributed by atoms with van der Waals surface area (Å²) in [5, 5.41) is 2.58. The van der Waals surface area contributed by atoms with E-state index >= 15 is 0 Å². The smallest absolute Gasteiger partial charge is 0.400 e. The zero-order chi connectivity index (χ0) is 20.6. The molecule has 9 heteroatoms. The minimum Gasteiger partial charge on any atom is -0.400 e. The van der Waals surface area contributed by atoms with E-state index in [1.807, 2.05) is 27.7 Å². The van der Waals surface area contributed by atoms with Crippen molar-refractivity contribution in [1.29, 1.82) is 0 Å². The fourth-order valence-corrected chi connectivity index (χ4v) is 2.44. The van der Waals surface area contributed by atoms with Crippen LogP contribution in [0.2, 0.25) is 0 Å². The van der Waals surface area contributed by atoms with Crippen LogP contribution in [0.3, 0.4) is 0 Å². The molecule has 148 valence electrons. The molecule has 0 bridgehead atoms. The van der Waals surface area contributed by atoms with Gasteiger partial charge in [-0.1, -0.05) is 12.1 Å². The monoisotopic (exact) mass is 387 g/mol. The van der Waals surface area contributed by atoms with Crippen molar-refractivity contribution < 1.29 is 31.7 Å². The van der Waals surface area contributed by atoms with Gasteiger partial charge in [-0.05, 0) is 45.3 Å². The summed E-state index contributed by atoms with van der Waals surface area (Å²) in [5.74, 6) is -1.34. The predicted octanol–water partition coefficient (Wildman–Crippen LogP) is 4.00. The fourth-order valence-electron chi connectivity index (χ4n) is 2.44. The molecule has 1 saturated heterocycles. The Morgan fingerprint density at radius 3 is 2.19 bits per heavy atom. The third-order valence-corrected chi connectivity index (χ3v) is 4.77. The molecule has 1 amide bonds. The molecule has 0 atom stereocenters. The standard InChI is InChI=1S/C18H22BF4NO3/c1-11(25)24-10-14(19-26-16(2,3)17(4,5)27-19)8-12-6-7-13(9-15(12)20)18(21,22)23/h6-9H,10H2,1-5H3,(H,24,25). The molecule has 4 nitrogen and oxygen atoms in total. The Morgan fingerprint density at radius 1 is 1.19 bits per heavy atom. The van der Waals surface area contributed by atoms with Crippen molar-refractivity contribution in [3.8, 4) is 0 Å². The molecule has 1 fully saturated rings. The van der Waals surface area contributed by atoms with E-state index in [1.54, 1.807) is 0 Å². The molecule has 0 spiro atoms. The maximum atomic E-state index is 14.2. The third-order valence-electron chi connectivity index (χ3n) is 4.77. The van der Waals surface area contributed by atoms with Crippen LogP contribution in [0.1, 0.15) is 45.7 Å². The minimum atomic E-state index is -4.63. The molecule has 0 aromatic heterocycles. The number of halogens is 4. The summed E-state index contributed by atoms with van der Waals surface area (Å²) in [6.07, 6.45) is -3.29. The Labute approximate surface area is 156 Å². The SMILES string of the molecule is CC(=O)NCC(=Cc1ccc(C(F)(F)F)cc1F)B1OC(C)(C)C(C)(C)O1. The maximum absolute atomic E-state index is 14.2. The Balaban J connectivity index is 2.39. The highest BCUT2D eigenvalue weighted by molar-refractivity contribution is 6.56. The largest absolute Gasteiger partial charge is 0.492 e. The summed E-state index contributed by atoms with van der Waals surface area (Å²) >= 11 is 0. The van der Waals surface area contributed by atoms with E-state index in [0.29, 0.717) is 11.5 Å². The summed E-state index contributed by atoms with van der Waals surface area (Å²) in [5.41, 5.74) is -2.06. The number of alkyl halides is 3. The molecule has 1 heterocycles. The van der Waals surface area contributed by atoms with E-state index in [0.717, 1.165) is 12.1 Å². The number of benzene rings is 1. The first-order chi connectivity index (χ1) is 12.2. The first kappa shape index (κ1) is 21.4. The molecule has 1 aromatic rings. The average Bonchev–Trinajstić information content (AvgIpc) is 2.71. The summed E-state index contributed by atoms with van der Waals surface area (Å²) in [7, 11) is -0.872. The molecule has 1 N–H and O–H groups in total. The highest BCUT2D eigenvalue weighted by atomic mass is 19.4. The van der Waals surface area contributed by atoms with Gasteiger partial charge in [0.05, 0.1) is 16.8 Å². The van der Waals surface area contributed by atoms with Gasteiger partial charge in [-0.15, -0.1) is 0 Å². The molecule has 1 aliphatic rings. The van der Waals surface area contributed by atoms with Gasteiger partial charge in [-0.25, -0.2) is 4.39 Å². The van der Waals surface area contributed by atoms with E-state index in [9.17, 15) is 22.4 Å². The number of amides is 1. The van der Waals surface area contributed by atoms with Crippen LogP contribution in [0, 0.1) is 5.82 Å². The van der Waals surface area contributed by atoms with Crippen molar-refractivity contribution in [3.05, 3.63) is 40.6 Å². The van der Waals surface area contributed by atoms with Gasteiger partial charge in [-0.2, -0.15) is 13.2 Å². The second-order valence-corrected chi connectivity index (χ2v) is 7.45. The zero-order valence-electron chi connectivity index (χ0n) is 15.8. The quantitative estimate of drug-likeness (QED) is 0.628. The van der Waals surface area contributed by atoms with E-state index < -0.39 is 35.9 Å². The van der Waals surface area contributed by atoms with Gasteiger partial charge < -0.3 is 14.6 Å². The zero-order valence-corrected chi connectivity index (χ0v) is 15.8. The van der Waals surface area contributed by atoms with Crippen molar-refractivity contribution in [2.24, 2.45) is 0 Å². The highest BCUT2D eigenvalue weighted by Gasteiger charge is 2.52. The van der Waals surface area contributed by atoms with Gasteiger partial charge in [0.15, 0.2) is 0 Å². The number of carbonyl (C=O) groups is 1. The van der Waals surface area contributed by atoms with E-state index in [1.165, 1.54) is 13.0 Å². The number of nitrogens with one attached hydrogen (secondary N) is 1. The first-order valence-corrected chi connectivity index (χ1v) is 8.40. The number of hydrogen-bond donors (Lipinski definition) is 1. The lowest BCUT2D eigenvalue weighted by Gasteiger charge is -2.32. The van der Waals surface area contributed by atoms with Crippen LogP contribution in [0.15, 0.2) is 23.7 Å². The van der Waals surface area contributed by atoms with Crippen LogP contribution in [-0.4, -0.2) is 30.8 Å². The second-order valence-electron chi connectivity index (χ2n) is 7.45. The van der Waals surface area contributed by atoms with Crippen LogP contribution in [0.5, 0.6) is 0 Å². The second kappa shape index (κ2) is 7.28. The summed E-state index contributed by atoms with van der Waals surface area (Å²) < 4.78 is 64.2. The van der Waals surface area contributed by atoms with Crippen LogP contribution in [0.4, 0.5) is 17.6 Å². The van der Waals surface area contributed by atoms with Crippen molar-refractivity contribution in [3.63, 3.8) is 0 Å². The third kappa shape index (κ3) is 4.90. The molecule has 0 saturated carbocycles. The number of carbonyl (C=O) groups excluding carboxylic acids is 1. The highest BCUT2D eigenvalue weighted by Crippen LogP contribution is 2.39. The Hall–Kier alpha value is -1.87. The molecule has 1 aromatic carbocycles. The van der Waals surface area contributed by atoms with Crippen LogP contribution < -0.4 is 5.32 Å². The summed E-state index contributed by atoms with van der Waals surface area (Å²) in [6.45, 7) is 8.67. The van der Waals surface area contributed by atoms with Gasteiger partial charge in [0, 0.05) is 19.0 Å². The van der Waals surface area contributed by atoms with Crippen LogP contribution in [-0.2, 0) is 20.3 Å². The predicted molar refractivity (Wildman–Crippen MR) is 94.1 cm³/mol. The fraction of sp³-hybridized carbons (Fsp3) is 0.500. The molecule has 0 aliphatic carbocycles. The number of hydrogen-bond acceptors (Lipinski definition) is 3. The minimum absolute atomic E-state index is 0.00657. The van der Waals surface area contributed by atoms with Crippen LogP contribution in [0.25, 0.3) is 6.08 Å². The van der Waals surface area contributed by atoms with E-state index in [-0.39, 0.29) is 18.0 Å². The van der Waals surface area contributed by atoms with Crippen molar-refractivity contribution in [1.82, 2.24) is 5.32 Å². The average molecular weight is 387 g/mol. The number of rotatable bonds is 4. The van der Waals surface area contributed by atoms with Crippen molar-refractivity contribution >= 4 is 19.1 Å². The lowest BCUT2D eigenvalue weighted by Crippen LogP contribution is -2.41. The Kier molecular flexibility index (Phi) is 5.78. The van der Waals surface area contributed by atoms with Gasteiger partial charge in [0.2, 0.25) is 5.91 Å². The van der Waals surface area contributed by atoms with Crippen LogP contribution >= 0.6 is 0 Å². The molecule has 27 heavy (non-hydrogen) atoms. The van der Waals surface area contributed by atoms with Crippen molar-refractivity contribution in [2.45, 2.75) is 52.0 Å². The molecule has 2 rings (SSSR count). The maximum Gasteiger partial charge on any atom is 0.492 e. The van der Waals surface area contributed by atoms with Gasteiger partial charge in [0.1, 0.15) is 5.82 Å². The van der Waals surface area contributed by atoms with E-state index in [4.69, 9.17) is 9.31 Å². The van der Waals surface area contributed by atoms with Gasteiger partial charge in [0.25, 0.3) is 0 Å². The summed E-state index contributed by atoms with van der Waals surface area (Å²) in [6, 6.07) is 2.28. The van der Waals surface area contributed by atoms with Gasteiger partial charge >= 0.3 is 13.3 Å². The lowest BCUT2D eigenvalue weighted by molar-refractivity contribution is -0.137. The van der Waals surface area contributed by atoms with E-state index in [2.05, 4.69) is 5.32 Å². The molecular weight excluding hydrogens is 365 g/mol. The Morgan fingerprint density at radius 2 is 1.74 bits per heavy atom. The Bertz CT molecular complexity index is 743. The first-order valence-electron chi connectivity index (χ1n) is 8.40. The molecule has 0 radical (unpaired) electrons. The normalized spacial score (nSPS) is 19.3. The lowest BCUT2D eigenvalue weighted by atomic mass is 9.77. The summed E-state index contributed by atoms with van der Waals surface area (Å²) in [4.78, 5) is 11.3.